The molecule has 22 heavy (non-hydrogen) atoms. The minimum Gasteiger partial charge on any atom is -0.457 e. The van der Waals surface area contributed by atoms with Gasteiger partial charge < -0.3 is 15.2 Å². The molecule has 0 heterocycles. The number of rotatable bonds is 8. The minimum absolute atomic E-state index is 0.175. The van der Waals surface area contributed by atoms with Gasteiger partial charge in [0.25, 0.3) is 0 Å². The lowest BCUT2D eigenvalue weighted by atomic mass is 10.3. The molecule has 5 heteroatoms. The van der Waals surface area contributed by atoms with Gasteiger partial charge in [0, 0.05) is 28.3 Å². The lowest BCUT2D eigenvalue weighted by Gasteiger charge is -2.12. The van der Waals surface area contributed by atoms with Crippen LogP contribution in [0.15, 0.2) is 53.4 Å². The summed E-state index contributed by atoms with van der Waals surface area (Å²) in [6.45, 7) is 3.84. The van der Waals surface area contributed by atoms with Gasteiger partial charge in [-0.25, -0.2) is 0 Å². The van der Waals surface area contributed by atoms with Crippen molar-refractivity contribution < 1.29 is 9.84 Å². The summed E-state index contributed by atoms with van der Waals surface area (Å²) in [7, 11) is 0. The highest BCUT2D eigenvalue weighted by Crippen LogP contribution is 2.28. The van der Waals surface area contributed by atoms with Crippen molar-refractivity contribution in [3.05, 3.63) is 53.6 Å². The van der Waals surface area contributed by atoms with Crippen LogP contribution in [0.25, 0.3) is 0 Å². The predicted molar refractivity (Wildman–Crippen MR) is 93.2 cm³/mol. The molecule has 2 aromatic rings. The quantitative estimate of drug-likeness (QED) is 0.559. The Balaban J connectivity index is 1.85. The largest absolute Gasteiger partial charge is 0.457 e. The molecule has 118 valence electrons. The number of thioether (sulfide) groups is 1. The number of aliphatic hydroxyl groups is 1. The first kappa shape index (κ1) is 17.2. The summed E-state index contributed by atoms with van der Waals surface area (Å²) < 4.78 is 5.76. The SMILES string of the molecule is CC(CNCCO)Sc1ccc(Oc2ccc(Cl)cc2)cc1. The van der Waals surface area contributed by atoms with E-state index in [1.165, 1.54) is 4.90 Å². The van der Waals surface area contributed by atoms with Gasteiger partial charge in [0.05, 0.1) is 6.61 Å². The molecule has 0 bridgehead atoms. The lowest BCUT2D eigenvalue weighted by Crippen LogP contribution is -2.25. The van der Waals surface area contributed by atoms with Crippen LogP contribution in [0.3, 0.4) is 0 Å². The standard InChI is InChI=1S/C17H20ClNO2S/c1-13(12-19-10-11-20)22-17-8-6-16(7-9-17)21-15-4-2-14(18)3-5-15/h2-9,13,19-20H,10-12H2,1H3. The molecule has 1 unspecified atom stereocenters. The highest BCUT2D eigenvalue weighted by atomic mass is 35.5. The molecule has 0 aliphatic heterocycles. The van der Waals surface area contributed by atoms with E-state index >= 15 is 0 Å². The molecule has 0 aliphatic rings. The van der Waals surface area contributed by atoms with Crippen molar-refractivity contribution in [1.29, 1.82) is 0 Å². The summed E-state index contributed by atoms with van der Waals surface area (Å²) in [5.41, 5.74) is 0. The van der Waals surface area contributed by atoms with Crippen LogP contribution in [-0.2, 0) is 0 Å². The van der Waals surface area contributed by atoms with Crippen LogP contribution in [0.2, 0.25) is 5.02 Å². The summed E-state index contributed by atoms with van der Waals surface area (Å²) in [5.74, 6) is 1.57. The first-order valence-corrected chi connectivity index (χ1v) is 8.45. The lowest BCUT2D eigenvalue weighted by molar-refractivity contribution is 0.293. The molecule has 0 saturated carbocycles. The molecule has 0 amide bonds. The van der Waals surface area contributed by atoms with Crippen molar-refractivity contribution in [2.75, 3.05) is 19.7 Å². The zero-order valence-electron chi connectivity index (χ0n) is 12.5. The average molecular weight is 338 g/mol. The topological polar surface area (TPSA) is 41.5 Å². The summed E-state index contributed by atoms with van der Waals surface area (Å²) in [6.07, 6.45) is 0. The molecule has 1 atom stereocenters. The van der Waals surface area contributed by atoms with Crippen molar-refractivity contribution in [2.24, 2.45) is 0 Å². The maximum atomic E-state index is 8.75. The number of nitrogens with one attached hydrogen (secondary N) is 1. The van der Waals surface area contributed by atoms with Crippen LogP contribution in [0.5, 0.6) is 11.5 Å². The number of aliphatic hydroxyl groups excluding tert-OH is 1. The van der Waals surface area contributed by atoms with E-state index in [0.717, 1.165) is 18.0 Å². The van der Waals surface area contributed by atoms with Gasteiger partial charge >= 0.3 is 0 Å². The van der Waals surface area contributed by atoms with Crippen LogP contribution in [0, 0.1) is 0 Å². The Morgan fingerprint density at radius 3 is 2.27 bits per heavy atom. The molecular weight excluding hydrogens is 318 g/mol. The Morgan fingerprint density at radius 1 is 1.09 bits per heavy atom. The molecule has 2 N–H and O–H groups in total. The first-order chi connectivity index (χ1) is 10.7. The van der Waals surface area contributed by atoms with Crippen LogP contribution in [-0.4, -0.2) is 30.1 Å². The molecule has 2 aromatic carbocycles. The second kappa shape index (κ2) is 9.06. The van der Waals surface area contributed by atoms with Gasteiger partial charge in [0.15, 0.2) is 0 Å². The Morgan fingerprint density at radius 2 is 1.68 bits per heavy atom. The maximum absolute atomic E-state index is 8.75. The van der Waals surface area contributed by atoms with Gasteiger partial charge in [-0.05, 0) is 48.5 Å². The van der Waals surface area contributed by atoms with Crippen LogP contribution in [0.4, 0.5) is 0 Å². The molecule has 3 nitrogen and oxygen atoms in total. The molecule has 0 saturated heterocycles. The molecule has 0 aliphatic carbocycles. The van der Waals surface area contributed by atoms with Gasteiger partial charge in [0.2, 0.25) is 0 Å². The van der Waals surface area contributed by atoms with E-state index < -0.39 is 0 Å². The van der Waals surface area contributed by atoms with Gasteiger partial charge in [-0.3, -0.25) is 0 Å². The molecular formula is C17H20ClNO2S. The minimum atomic E-state index is 0.175. The highest BCUT2D eigenvalue weighted by Gasteiger charge is 2.04. The fraction of sp³-hybridized carbons (Fsp3) is 0.294. The van der Waals surface area contributed by atoms with E-state index in [-0.39, 0.29) is 6.61 Å². The molecule has 0 spiro atoms. The monoisotopic (exact) mass is 337 g/mol. The van der Waals surface area contributed by atoms with E-state index in [1.807, 2.05) is 36.4 Å². The van der Waals surface area contributed by atoms with Crippen molar-refractivity contribution in [3.8, 4) is 11.5 Å². The first-order valence-electron chi connectivity index (χ1n) is 7.19. The number of ether oxygens (including phenoxy) is 1. The van der Waals surface area contributed by atoms with Crippen LogP contribution in [0.1, 0.15) is 6.92 Å². The summed E-state index contributed by atoms with van der Waals surface area (Å²) in [6, 6.07) is 15.3. The molecule has 0 radical (unpaired) electrons. The fourth-order valence-electron chi connectivity index (χ4n) is 1.88. The summed E-state index contributed by atoms with van der Waals surface area (Å²) in [4.78, 5) is 1.20. The second-order valence-electron chi connectivity index (χ2n) is 4.88. The van der Waals surface area contributed by atoms with E-state index in [2.05, 4.69) is 24.4 Å². The van der Waals surface area contributed by atoms with E-state index in [9.17, 15) is 0 Å². The number of hydrogen-bond donors (Lipinski definition) is 2. The van der Waals surface area contributed by atoms with E-state index in [1.54, 1.807) is 11.8 Å². The smallest absolute Gasteiger partial charge is 0.127 e. The van der Waals surface area contributed by atoms with Crippen LogP contribution >= 0.6 is 23.4 Å². The second-order valence-corrected chi connectivity index (χ2v) is 6.83. The third kappa shape index (κ3) is 5.89. The van der Waals surface area contributed by atoms with Gasteiger partial charge in [-0.2, -0.15) is 0 Å². The van der Waals surface area contributed by atoms with Crippen molar-refractivity contribution in [1.82, 2.24) is 5.32 Å². The van der Waals surface area contributed by atoms with Crippen molar-refractivity contribution >= 4 is 23.4 Å². The number of halogens is 1. The molecule has 0 aromatic heterocycles. The maximum Gasteiger partial charge on any atom is 0.127 e. The van der Waals surface area contributed by atoms with E-state index in [4.69, 9.17) is 21.4 Å². The number of benzene rings is 2. The number of hydrogen-bond acceptors (Lipinski definition) is 4. The Bertz CT molecular complexity index is 560. The summed E-state index contributed by atoms with van der Waals surface area (Å²) >= 11 is 7.65. The fourth-order valence-corrected chi connectivity index (χ4v) is 2.97. The van der Waals surface area contributed by atoms with Crippen molar-refractivity contribution in [3.63, 3.8) is 0 Å². The third-order valence-electron chi connectivity index (χ3n) is 2.93. The van der Waals surface area contributed by atoms with Gasteiger partial charge in [-0.1, -0.05) is 18.5 Å². The highest BCUT2D eigenvalue weighted by molar-refractivity contribution is 8.00. The average Bonchev–Trinajstić information content (AvgIpc) is 2.52. The third-order valence-corrected chi connectivity index (χ3v) is 4.30. The predicted octanol–water partition coefficient (Wildman–Crippen LogP) is 4.19. The molecule has 0 fully saturated rings. The summed E-state index contributed by atoms with van der Waals surface area (Å²) in [5, 5.41) is 13.1. The van der Waals surface area contributed by atoms with Crippen LogP contribution < -0.4 is 10.1 Å². The Hall–Kier alpha value is -1.20. The van der Waals surface area contributed by atoms with Crippen molar-refractivity contribution in [2.45, 2.75) is 17.1 Å². The Labute approximate surface area is 140 Å². The Kier molecular flexibility index (Phi) is 7.06. The van der Waals surface area contributed by atoms with E-state index in [0.29, 0.717) is 16.8 Å². The zero-order chi connectivity index (χ0) is 15.8. The molecule has 2 rings (SSSR count). The van der Waals surface area contributed by atoms with Gasteiger partial charge in [-0.15, -0.1) is 11.8 Å². The van der Waals surface area contributed by atoms with Gasteiger partial charge in [0.1, 0.15) is 11.5 Å². The zero-order valence-corrected chi connectivity index (χ0v) is 14.0. The normalized spacial score (nSPS) is 12.1.